The van der Waals surface area contributed by atoms with Crippen molar-refractivity contribution in [1.29, 1.82) is 0 Å². The van der Waals surface area contributed by atoms with E-state index in [2.05, 4.69) is 52.4 Å². The number of fused-ring (bicyclic) bond motifs is 2. The molecule has 0 N–H and O–H groups in total. The van der Waals surface area contributed by atoms with Crippen LogP contribution in [0.2, 0.25) is 64.0 Å². The van der Waals surface area contributed by atoms with Gasteiger partial charge in [0.2, 0.25) is 0 Å². The molecule has 8 unspecified atom stereocenters. The highest BCUT2D eigenvalue weighted by Gasteiger charge is 2.57. The summed E-state index contributed by atoms with van der Waals surface area (Å²) in [6.45, 7) is 17.3. The van der Waals surface area contributed by atoms with E-state index >= 15 is 0 Å². The molecule has 8 atom stereocenters. The van der Waals surface area contributed by atoms with Crippen LogP contribution in [0.5, 0.6) is 0 Å². The molecule has 4 rings (SSSR count). The maximum atomic E-state index is 6.69. The van der Waals surface area contributed by atoms with Crippen LogP contribution in [-0.2, 0) is 32.9 Å². The fraction of sp³-hybridized carbons (Fsp3) is 1.00. The molecule has 33 heavy (non-hydrogen) atoms. The third-order valence-corrected chi connectivity index (χ3v) is 36.4. The van der Waals surface area contributed by atoms with Crippen LogP contribution in [0.25, 0.3) is 0 Å². The van der Waals surface area contributed by atoms with Gasteiger partial charge in [-0.2, -0.15) is 0 Å². The Morgan fingerprint density at radius 2 is 1.09 bits per heavy atom. The summed E-state index contributed by atoms with van der Waals surface area (Å²) in [6.07, 6.45) is 5.08. The average Bonchev–Trinajstić information content (AvgIpc) is 3.24. The fourth-order valence-electron chi connectivity index (χ4n) is 6.80. The first-order valence-electron chi connectivity index (χ1n) is 12.8. The number of rotatable bonds is 4. The molecule has 16 heteroatoms. The zero-order valence-corrected chi connectivity index (χ0v) is 30.5. The molecule has 0 aromatic rings. The van der Waals surface area contributed by atoms with Gasteiger partial charge < -0.3 is 32.9 Å². The Bertz CT molecular complexity index is 653. The summed E-state index contributed by atoms with van der Waals surface area (Å²) in [6, 6.07) is 1.06. The van der Waals surface area contributed by atoms with Crippen LogP contribution >= 0.6 is 0 Å². The van der Waals surface area contributed by atoms with Crippen LogP contribution in [0.15, 0.2) is 0 Å². The summed E-state index contributed by atoms with van der Waals surface area (Å²) in [5.41, 5.74) is 0.584. The zero-order valence-electron chi connectivity index (χ0n) is 21.6. The van der Waals surface area contributed by atoms with Crippen LogP contribution < -0.4 is 0 Å². The van der Waals surface area contributed by atoms with Gasteiger partial charge in [0, 0.05) is 5.54 Å². The Hall–Kier alpha value is 1.42. The summed E-state index contributed by atoms with van der Waals surface area (Å²) in [4.78, 5) is 0. The molecule has 0 amide bonds. The monoisotopic (exact) mass is 600 g/mol. The predicted octanol–water partition coefficient (Wildman–Crippen LogP) is 2.20. The fourth-order valence-corrected chi connectivity index (χ4v) is 37.4. The normalized spacial score (nSPS) is 53.8. The standard InChI is InChI=1S/C17H44O8Si8/c1-26-18-28(3)22-32(7,23-29(4)19-26)10-9-14-11-16-12-15(14)13-17(16)33(8)24-30(5)20-27(2)21-31(6)25-33/h14-17,26-31H,9-13H2,1-8H3. The Kier molecular flexibility index (Phi) is 9.18. The Morgan fingerprint density at radius 1 is 0.606 bits per heavy atom. The molecule has 0 aromatic carbocycles. The first kappa shape index (κ1) is 27.4. The van der Waals surface area contributed by atoms with Crippen LogP contribution in [0.1, 0.15) is 25.7 Å². The molecular weight excluding hydrogens is 557 g/mol. The molecule has 2 heterocycles. The molecule has 0 radical (unpaired) electrons. The van der Waals surface area contributed by atoms with Gasteiger partial charge in [0.25, 0.3) is 55.7 Å². The molecule has 0 spiro atoms. The van der Waals surface area contributed by atoms with Crippen molar-refractivity contribution in [2.75, 3.05) is 0 Å². The van der Waals surface area contributed by atoms with Gasteiger partial charge in [0.1, 0.15) is 0 Å². The highest BCUT2D eigenvalue weighted by molar-refractivity contribution is 6.82. The molecule has 2 aliphatic carbocycles. The molecule has 0 aromatic heterocycles. The van der Waals surface area contributed by atoms with E-state index in [1.54, 1.807) is 0 Å². The van der Waals surface area contributed by atoms with Crippen molar-refractivity contribution in [3.8, 4) is 0 Å². The zero-order chi connectivity index (χ0) is 24.0. The van der Waals surface area contributed by atoms with Crippen molar-refractivity contribution in [3.05, 3.63) is 0 Å². The van der Waals surface area contributed by atoms with Crippen molar-refractivity contribution in [1.82, 2.24) is 0 Å². The Balaban J connectivity index is 1.34. The van der Waals surface area contributed by atoms with E-state index in [0.29, 0.717) is 5.54 Å². The van der Waals surface area contributed by atoms with E-state index in [4.69, 9.17) is 32.9 Å². The maximum absolute atomic E-state index is 6.69. The van der Waals surface area contributed by atoms with Crippen molar-refractivity contribution in [2.45, 2.75) is 89.6 Å². The van der Waals surface area contributed by atoms with Gasteiger partial charge in [0.05, 0.1) is 0 Å². The van der Waals surface area contributed by atoms with Crippen molar-refractivity contribution < 1.29 is 32.9 Å². The van der Waals surface area contributed by atoms with Gasteiger partial charge >= 0.3 is 17.1 Å². The van der Waals surface area contributed by atoms with E-state index in [0.717, 1.165) is 23.8 Å². The Morgan fingerprint density at radius 3 is 1.55 bits per heavy atom. The van der Waals surface area contributed by atoms with Gasteiger partial charge in [-0.25, -0.2) is 0 Å². The smallest absolute Gasteiger partial charge is 0.320 e. The number of hydrogen-bond acceptors (Lipinski definition) is 8. The van der Waals surface area contributed by atoms with Crippen molar-refractivity contribution in [3.63, 3.8) is 0 Å². The summed E-state index contributed by atoms with van der Waals surface area (Å²) < 4.78 is 51.0. The van der Waals surface area contributed by atoms with Gasteiger partial charge in [-0.1, -0.05) is 0 Å². The quantitative estimate of drug-likeness (QED) is 0.455. The van der Waals surface area contributed by atoms with Crippen LogP contribution in [0, 0.1) is 17.8 Å². The van der Waals surface area contributed by atoms with E-state index in [1.165, 1.54) is 25.7 Å². The molecule has 2 saturated heterocycles. The minimum Gasteiger partial charge on any atom is -0.420 e. The summed E-state index contributed by atoms with van der Waals surface area (Å²) >= 11 is 0. The van der Waals surface area contributed by atoms with Gasteiger partial charge in [-0.15, -0.1) is 0 Å². The van der Waals surface area contributed by atoms with Crippen LogP contribution in [-0.4, -0.2) is 72.8 Å². The molecule has 2 saturated carbocycles. The van der Waals surface area contributed by atoms with Crippen molar-refractivity contribution in [2.24, 2.45) is 17.8 Å². The average molecular weight is 601 g/mol. The second-order valence-electron chi connectivity index (χ2n) is 10.7. The third kappa shape index (κ3) is 6.84. The van der Waals surface area contributed by atoms with E-state index in [1.807, 2.05) is 0 Å². The van der Waals surface area contributed by atoms with Crippen LogP contribution in [0.3, 0.4) is 0 Å². The topological polar surface area (TPSA) is 73.8 Å². The van der Waals surface area contributed by atoms with Crippen molar-refractivity contribution >= 4 is 72.8 Å². The molecule has 4 aliphatic rings. The molecule has 4 fully saturated rings. The molecular formula is C17H44O8Si8. The summed E-state index contributed by atoms with van der Waals surface area (Å²) in [7, 11) is -14.4. The lowest BCUT2D eigenvalue weighted by Crippen LogP contribution is -2.56. The lowest BCUT2D eigenvalue weighted by Gasteiger charge is -2.44. The molecule has 8 nitrogen and oxygen atoms in total. The highest BCUT2D eigenvalue weighted by atomic mass is 28.5. The minimum absolute atomic E-state index is 0.584. The SMILES string of the molecule is C[SiH]1O[SiH](C)O[Si](C)(CCC2CC3CC2CC3[Si]2(C)O[SiH](C)O[SiH](C)O[SiH](C)O2)O[SiH](C)O1. The molecule has 2 bridgehead atoms. The van der Waals surface area contributed by atoms with Gasteiger partial charge in [-0.3, -0.25) is 0 Å². The highest BCUT2D eigenvalue weighted by Crippen LogP contribution is 2.59. The van der Waals surface area contributed by atoms with Gasteiger partial charge in [-0.05, 0) is 102 Å². The predicted molar refractivity (Wildman–Crippen MR) is 147 cm³/mol. The lowest BCUT2D eigenvalue weighted by molar-refractivity contribution is 0.234. The van der Waals surface area contributed by atoms with Gasteiger partial charge in [0.15, 0.2) is 0 Å². The van der Waals surface area contributed by atoms with Crippen LogP contribution in [0.4, 0.5) is 0 Å². The van der Waals surface area contributed by atoms with E-state index < -0.39 is 72.8 Å². The minimum atomic E-state index is -2.30. The van der Waals surface area contributed by atoms with E-state index in [-0.39, 0.29) is 0 Å². The maximum Gasteiger partial charge on any atom is 0.320 e. The first-order valence-corrected chi connectivity index (χ1v) is 30.3. The number of hydrogen-bond donors (Lipinski definition) is 0. The summed E-state index contributed by atoms with van der Waals surface area (Å²) in [5.74, 6) is 2.27. The molecule has 192 valence electrons. The second-order valence-corrected chi connectivity index (χ2v) is 31.2. The Labute approximate surface area is 212 Å². The largest absolute Gasteiger partial charge is 0.420 e. The van der Waals surface area contributed by atoms with E-state index in [9.17, 15) is 0 Å². The second kappa shape index (κ2) is 11.0. The third-order valence-electron chi connectivity index (χ3n) is 7.81. The first-order chi connectivity index (χ1) is 15.4. The lowest BCUT2D eigenvalue weighted by atomic mass is 9.86. The molecule has 2 aliphatic heterocycles. The summed E-state index contributed by atoms with van der Waals surface area (Å²) in [5, 5.41) is 0.